The number of imidazole rings is 1. The van der Waals surface area contributed by atoms with Gasteiger partial charge in [0.25, 0.3) is 0 Å². The fourth-order valence-electron chi connectivity index (χ4n) is 5.04. The lowest BCUT2D eigenvalue weighted by molar-refractivity contribution is 0.122. The zero-order valence-electron chi connectivity index (χ0n) is 20.1. The topological polar surface area (TPSA) is 108 Å². The number of fused-ring (bicyclic) bond motifs is 4. The molecule has 0 amide bonds. The van der Waals surface area contributed by atoms with Crippen LogP contribution in [0.4, 0.5) is 11.4 Å². The Morgan fingerprint density at radius 2 is 1.97 bits per heavy atom. The summed E-state index contributed by atoms with van der Waals surface area (Å²) in [5.74, 6) is 1.39. The third kappa shape index (κ3) is 3.89. The molecule has 186 valence electrons. The zero-order valence-corrected chi connectivity index (χ0v) is 20.9. The number of hydrogen-bond donors (Lipinski definition) is 2. The van der Waals surface area contributed by atoms with Crippen LogP contribution in [0.1, 0.15) is 28.2 Å². The molecule has 0 bridgehead atoms. The lowest BCUT2D eigenvalue weighted by Gasteiger charge is -2.28. The van der Waals surface area contributed by atoms with Gasteiger partial charge in [-0.2, -0.15) is 4.99 Å². The number of hydrogen-bond acceptors (Lipinski definition) is 8. The van der Waals surface area contributed by atoms with Crippen LogP contribution in [-0.4, -0.2) is 56.8 Å². The quantitative estimate of drug-likeness (QED) is 0.398. The molecule has 0 radical (unpaired) electrons. The summed E-state index contributed by atoms with van der Waals surface area (Å²) in [7, 11) is 0. The van der Waals surface area contributed by atoms with E-state index in [0.717, 1.165) is 71.0 Å². The number of allylic oxidation sites excluding steroid dienone is 1. The van der Waals surface area contributed by atoms with E-state index in [1.165, 1.54) is 5.69 Å². The highest BCUT2D eigenvalue weighted by molar-refractivity contribution is 6.27. The van der Waals surface area contributed by atoms with Crippen molar-refractivity contribution in [3.05, 3.63) is 76.2 Å². The Hall–Kier alpha value is -4.02. The second kappa shape index (κ2) is 8.82. The monoisotopic (exact) mass is 513 g/mol. The number of ether oxygens (including phenoxy) is 1. The van der Waals surface area contributed by atoms with Crippen LogP contribution < -0.4 is 20.9 Å². The van der Waals surface area contributed by atoms with Gasteiger partial charge in [-0.15, -0.1) is 21.8 Å². The number of rotatable bonds is 2. The molecule has 1 unspecified atom stereocenters. The molecule has 1 fully saturated rings. The molecular formula is C26H24ClN9O. The number of aliphatic imine (C=N–C) groups is 1. The minimum absolute atomic E-state index is 0.374. The Morgan fingerprint density at radius 3 is 2.81 bits per heavy atom. The lowest BCUT2D eigenvalue weighted by Crippen LogP contribution is -2.36. The van der Waals surface area contributed by atoms with E-state index in [0.29, 0.717) is 18.2 Å². The van der Waals surface area contributed by atoms with Crippen molar-refractivity contribution in [2.45, 2.75) is 18.8 Å². The fraction of sp³-hybridized carbons (Fsp3) is 0.269. The molecule has 0 saturated carbocycles. The average Bonchev–Trinajstić information content (AvgIpc) is 3.57. The Kier molecular flexibility index (Phi) is 5.29. The molecule has 4 aromatic rings. The summed E-state index contributed by atoms with van der Waals surface area (Å²) in [6.07, 6.45) is 5.67. The first-order valence-corrected chi connectivity index (χ1v) is 12.6. The number of guanidine groups is 1. The Morgan fingerprint density at radius 1 is 1.14 bits per heavy atom. The maximum absolute atomic E-state index is 6.90. The number of alkyl halides is 1. The SMILES string of the molecule is Cc1nc2c([nH]1)C(Cl)C(=c1cc3c(n4cnnc14)=NC(Nc1ccc(N4CCOCC4)cc1)=NC3)C=C2. The normalized spacial score (nSPS) is 20.3. The van der Waals surface area contributed by atoms with Gasteiger partial charge >= 0.3 is 0 Å². The number of halogens is 1. The van der Waals surface area contributed by atoms with Gasteiger partial charge in [0.1, 0.15) is 23.0 Å². The molecule has 0 spiro atoms. The van der Waals surface area contributed by atoms with Gasteiger partial charge in [0.05, 0.1) is 31.1 Å². The standard InChI is InChI=1S/C26H24ClN9O/c1-15-30-21-7-6-19(22(27)23(21)31-15)20-12-16-13-28-26(33-24(16)36-14-29-34-25(20)36)32-17-2-4-18(5-3-17)35-8-10-37-11-9-35/h2-7,12,14,22H,8-11,13H2,1H3,(H,28,32)(H,30,31). The number of nitrogens with zero attached hydrogens (tertiary/aromatic N) is 7. The summed E-state index contributed by atoms with van der Waals surface area (Å²) < 4.78 is 7.36. The van der Waals surface area contributed by atoms with Crippen molar-refractivity contribution in [2.75, 3.05) is 36.5 Å². The minimum Gasteiger partial charge on any atom is -0.378 e. The van der Waals surface area contributed by atoms with E-state index in [1.54, 1.807) is 6.33 Å². The van der Waals surface area contributed by atoms with Crippen molar-refractivity contribution >= 4 is 46.2 Å². The molecule has 1 atom stereocenters. The molecule has 37 heavy (non-hydrogen) atoms. The minimum atomic E-state index is -0.374. The van der Waals surface area contributed by atoms with Gasteiger partial charge in [0, 0.05) is 35.2 Å². The van der Waals surface area contributed by atoms with Gasteiger partial charge in [-0.3, -0.25) is 4.40 Å². The molecule has 5 heterocycles. The van der Waals surface area contributed by atoms with Gasteiger partial charge in [0.15, 0.2) is 5.65 Å². The van der Waals surface area contributed by atoms with Crippen molar-refractivity contribution in [1.29, 1.82) is 0 Å². The third-order valence-corrected chi connectivity index (χ3v) is 7.32. The first-order chi connectivity index (χ1) is 18.1. The highest BCUT2D eigenvalue weighted by atomic mass is 35.5. The number of H-pyrrole nitrogens is 1. The Labute approximate surface area is 217 Å². The molecule has 2 aliphatic heterocycles. The number of anilines is 2. The first-order valence-electron chi connectivity index (χ1n) is 12.2. The molecule has 3 aliphatic rings. The number of morpholine rings is 1. The summed E-state index contributed by atoms with van der Waals surface area (Å²) in [4.78, 5) is 19.6. The van der Waals surface area contributed by atoms with E-state index in [9.17, 15) is 0 Å². The highest BCUT2D eigenvalue weighted by Gasteiger charge is 2.24. The molecule has 11 heteroatoms. The predicted molar refractivity (Wildman–Crippen MR) is 142 cm³/mol. The van der Waals surface area contributed by atoms with E-state index in [-0.39, 0.29) is 5.38 Å². The first kappa shape index (κ1) is 22.2. The zero-order chi connectivity index (χ0) is 24.9. The van der Waals surface area contributed by atoms with Crippen LogP contribution in [0.3, 0.4) is 0 Å². The number of aromatic amines is 1. The number of aryl methyl sites for hydroxylation is 1. The Balaban J connectivity index is 1.23. The average molecular weight is 514 g/mol. The van der Waals surface area contributed by atoms with Crippen LogP contribution in [0, 0.1) is 6.92 Å². The second-order valence-electron chi connectivity index (χ2n) is 9.23. The summed E-state index contributed by atoms with van der Waals surface area (Å²) in [5, 5.41) is 12.5. The van der Waals surface area contributed by atoms with E-state index < -0.39 is 0 Å². The largest absolute Gasteiger partial charge is 0.378 e. The molecule has 7 rings (SSSR count). The second-order valence-corrected chi connectivity index (χ2v) is 9.66. The van der Waals surface area contributed by atoms with Crippen molar-refractivity contribution in [2.24, 2.45) is 9.98 Å². The van der Waals surface area contributed by atoms with Crippen LogP contribution in [0.15, 0.2) is 52.7 Å². The van der Waals surface area contributed by atoms with Gasteiger partial charge in [-0.05, 0) is 48.9 Å². The van der Waals surface area contributed by atoms with Crippen LogP contribution >= 0.6 is 11.6 Å². The molecule has 1 saturated heterocycles. The Bertz CT molecular complexity index is 1690. The maximum atomic E-state index is 6.90. The predicted octanol–water partition coefficient (Wildman–Crippen LogP) is 2.36. The van der Waals surface area contributed by atoms with Crippen LogP contribution in [-0.2, 0) is 11.3 Å². The molecule has 2 N–H and O–H groups in total. The van der Waals surface area contributed by atoms with Gasteiger partial charge in [-0.1, -0.05) is 6.08 Å². The van der Waals surface area contributed by atoms with Gasteiger partial charge in [-0.25, -0.2) is 9.98 Å². The number of benzene rings is 1. The van der Waals surface area contributed by atoms with E-state index in [4.69, 9.17) is 26.3 Å². The number of pyridine rings is 1. The van der Waals surface area contributed by atoms with Crippen molar-refractivity contribution < 1.29 is 4.74 Å². The van der Waals surface area contributed by atoms with Crippen molar-refractivity contribution in [1.82, 2.24) is 24.6 Å². The van der Waals surface area contributed by atoms with E-state index >= 15 is 0 Å². The molecular weight excluding hydrogens is 490 g/mol. The maximum Gasteiger partial charge on any atom is 0.224 e. The van der Waals surface area contributed by atoms with E-state index in [1.807, 2.05) is 35.6 Å². The van der Waals surface area contributed by atoms with Crippen molar-refractivity contribution in [3.63, 3.8) is 0 Å². The molecule has 1 aliphatic carbocycles. The summed E-state index contributed by atoms with van der Waals surface area (Å²) in [5.41, 5.74) is 7.24. The number of nitrogens with one attached hydrogen (secondary N) is 2. The van der Waals surface area contributed by atoms with Gasteiger partial charge in [0.2, 0.25) is 5.96 Å². The van der Waals surface area contributed by atoms with E-state index in [2.05, 4.69) is 48.6 Å². The van der Waals surface area contributed by atoms with Crippen LogP contribution in [0.2, 0.25) is 0 Å². The highest BCUT2D eigenvalue weighted by Crippen LogP contribution is 2.35. The van der Waals surface area contributed by atoms with Crippen molar-refractivity contribution in [3.8, 4) is 0 Å². The third-order valence-electron chi connectivity index (χ3n) is 6.87. The van der Waals surface area contributed by atoms with Crippen LogP contribution in [0.25, 0.3) is 17.3 Å². The molecule has 3 aromatic heterocycles. The summed E-state index contributed by atoms with van der Waals surface area (Å²) >= 11 is 6.90. The smallest absolute Gasteiger partial charge is 0.224 e. The summed E-state index contributed by atoms with van der Waals surface area (Å²) in [6.45, 7) is 5.75. The number of aromatic nitrogens is 5. The fourth-order valence-corrected chi connectivity index (χ4v) is 5.40. The molecule has 10 nitrogen and oxygen atoms in total. The van der Waals surface area contributed by atoms with Crippen LogP contribution in [0.5, 0.6) is 0 Å². The molecule has 1 aromatic carbocycles. The summed E-state index contributed by atoms with van der Waals surface area (Å²) in [6, 6.07) is 10.4. The van der Waals surface area contributed by atoms with Gasteiger partial charge < -0.3 is 19.9 Å². The lowest BCUT2D eigenvalue weighted by atomic mass is 9.99.